The van der Waals surface area contributed by atoms with E-state index >= 15 is 0 Å². The molecule has 0 amide bonds. The smallest absolute Gasteiger partial charge is 0.120 e. The van der Waals surface area contributed by atoms with Crippen LogP contribution in [0.4, 0.5) is 0 Å². The van der Waals surface area contributed by atoms with Crippen molar-refractivity contribution in [1.82, 2.24) is 0 Å². The van der Waals surface area contributed by atoms with Crippen LogP contribution in [-0.4, -0.2) is 0 Å². The Kier molecular flexibility index (Phi) is 3.62. The molecule has 0 fully saturated rings. The molecule has 2 heteroatoms. The molecule has 2 aromatic carbocycles. The molecule has 16 heavy (non-hydrogen) atoms. The van der Waals surface area contributed by atoms with E-state index in [0.29, 0.717) is 6.61 Å². The second-order valence-electron chi connectivity index (χ2n) is 3.73. The zero-order valence-corrected chi connectivity index (χ0v) is 10.7. The van der Waals surface area contributed by atoms with Crippen LogP contribution in [0.2, 0.25) is 0 Å². The number of halogens is 1. The summed E-state index contributed by atoms with van der Waals surface area (Å²) in [6, 6.07) is 16.3. The van der Waals surface area contributed by atoms with Crippen molar-refractivity contribution in [2.24, 2.45) is 0 Å². The average molecular weight is 277 g/mol. The fourth-order valence-electron chi connectivity index (χ4n) is 1.41. The number of hydrogen-bond acceptors (Lipinski definition) is 1. The van der Waals surface area contributed by atoms with E-state index in [-0.39, 0.29) is 0 Å². The maximum atomic E-state index is 5.68. The molecule has 0 heterocycles. The number of rotatable bonds is 3. The van der Waals surface area contributed by atoms with Gasteiger partial charge in [-0.05, 0) is 30.7 Å². The molecule has 0 aliphatic carbocycles. The van der Waals surface area contributed by atoms with Crippen LogP contribution in [0.3, 0.4) is 0 Å². The summed E-state index contributed by atoms with van der Waals surface area (Å²) in [6.45, 7) is 2.69. The van der Waals surface area contributed by atoms with Crippen molar-refractivity contribution in [3.63, 3.8) is 0 Å². The first-order chi connectivity index (χ1) is 7.74. The topological polar surface area (TPSA) is 9.23 Å². The minimum absolute atomic E-state index is 0.608. The van der Waals surface area contributed by atoms with Gasteiger partial charge in [0.05, 0.1) is 0 Å². The molecule has 2 rings (SSSR count). The van der Waals surface area contributed by atoms with Crippen molar-refractivity contribution < 1.29 is 4.74 Å². The molecule has 0 aliphatic rings. The lowest BCUT2D eigenvalue weighted by Crippen LogP contribution is -1.94. The van der Waals surface area contributed by atoms with Crippen LogP contribution in [0.1, 0.15) is 11.1 Å². The van der Waals surface area contributed by atoms with Gasteiger partial charge < -0.3 is 4.74 Å². The Balaban J connectivity index is 1.99. The molecular weight excluding hydrogens is 264 g/mol. The summed E-state index contributed by atoms with van der Waals surface area (Å²) in [6.07, 6.45) is 0. The van der Waals surface area contributed by atoms with E-state index in [9.17, 15) is 0 Å². The van der Waals surface area contributed by atoms with Crippen molar-refractivity contribution in [1.29, 1.82) is 0 Å². The van der Waals surface area contributed by atoms with Crippen LogP contribution in [0.15, 0.2) is 53.0 Å². The quantitative estimate of drug-likeness (QED) is 0.811. The first kappa shape index (κ1) is 11.2. The summed E-state index contributed by atoms with van der Waals surface area (Å²) in [5.74, 6) is 0.884. The zero-order chi connectivity index (χ0) is 11.4. The summed E-state index contributed by atoms with van der Waals surface area (Å²) in [5.41, 5.74) is 2.46. The van der Waals surface area contributed by atoms with Crippen molar-refractivity contribution >= 4 is 15.9 Å². The fraction of sp³-hybridized carbons (Fsp3) is 0.143. The van der Waals surface area contributed by atoms with Crippen molar-refractivity contribution in [3.05, 3.63) is 64.1 Å². The summed E-state index contributed by atoms with van der Waals surface area (Å²) in [4.78, 5) is 0. The number of hydrogen-bond donors (Lipinski definition) is 0. The van der Waals surface area contributed by atoms with Crippen LogP contribution < -0.4 is 4.74 Å². The average Bonchev–Trinajstić information content (AvgIpc) is 2.28. The number of benzene rings is 2. The zero-order valence-electron chi connectivity index (χ0n) is 9.11. The summed E-state index contributed by atoms with van der Waals surface area (Å²) >= 11 is 3.42. The Morgan fingerprint density at radius 3 is 2.50 bits per heavy atom. The van der Waals surface area contributed by atoms with Gasteiger partial charge in [0.25, 0.3) is 0 Å². The lowest BCUT2D eigenvalue weighted by Gasteiger charge is -2.06. The van der Waals surface area contributed by atoms with Crippen LogP contribution in [0.25, 0.3) is 0 Å². The third kappa shape index (κ3) is 3.11. The third-order valence-corrected chi connectivity index (χ3v) is 2.82. The van der Waals surface area contributed by atoms with Gasteiger partial charge in [0, 0.05) is 4.47 Å². The normalized spacial score (nSPS) is 10.1. The van der Waals surface area contributed by atoms with Gasteiger partial charge in [0.15, 0.2) is 0 Å². The van der Waals surface area contributed by atoms with E-state index in [4.69, 9.17) is 4.74 Å². The lowest BCUT2D eigenvalue weighted by atomic mass is 10.2. The molecule has 0 spiro atoms. The van der Waals surface area contributed by atoms with Crippen LogP contribution in [0.5, 0.6) is 5.75 Å². The van der Waals surface area contributed by atoms with Gasteiger partial charge in [-0.25, -0.2) is 0 Å². The molecule has 0 radical (unpaired) electrons. The van der Waals surface area contributed by atoms with E-state index in [1.54, 1.807) is 0 Å². The maximum Gasteiger partial charge on any atom is 0.120 e. The maximum absolute atomic E-state index is 5.68. The Morgan fingerprint density at radius 1 is 1.06 bits per heavy atom. The Bertz CT molecular complexity index is 462. The summed E-state index contributed by atoms with van der Waals surface area (Å²) in [5, 5.41) is 0. The fourth-order valence-corrected chi connectivity index (χ4v) is 1.79. The minimum Gasteiger partial charge on any atom is -0.489 e. The number of ether oxygens (including phenoxy) is 1. The molecular formula is C14H13BrO. The molecule has 0 bridgehead atoms. The molecule has 0 N–H and O–H groups in total. The highest BCUT2D eigenvalue weighted by Crippen LogP contribution is 2.18. The standard InChI is InChI=1S/C14H13BrO/c1-11-5-7-12(8-6-11)10-16-14-4-2-3-13(15)9-14/h2-9H,10H2,1H3. The van der Waals surface area contributed by atoms with Crippen molar-refractivity contribution in [3.8, 4) is 5.75 Å². The molecule has 0 saturated carbocycles. The molecule has 82 valence electrons. The summed E-state index contributed by atoms with van der Waals surface area (Å²) < 4.78 is 6.72. The first-order valence-corrected chi connectivity index (χ1v) is 5.97. The van der Waals surface area contributed by atoms with E-state index in [1.165, 1.54) is 11.1 Å². The predicted octanol–water partition coefficient (Wildman–Crippen LogP) is 4.34. The van der Waals surface area contributed by atoms with Crippen molar-refractivity contribution in [2.75, 3.05) is 0 Å². The Hall–Kier alpha value is -1.28. The molecule has 0 saturated heterocycles. The second kappa shape index (κ2) is 5.17. The van der Waals surface area contributed by atoms with E-state index < -0.39 is 0 Å². The van der Waals surface area contributed by atoms with Gasteiger partial charge in [-0.1, -0.05) is 51.8 Å². The highest BCUT2D eigenvalue weighted by atomic mass is 79.9. The molecule has 2 aromatic rings. The molecule has 1 nitrogen and oxygen atoms in total. The summed E-state index contributed by atoms with van der Waals surface area (Å²) in [7, 11) is 0. The van der Waals surface area contributed by atoms with Gasteiger partial charge in [-0.2, -0.15) is 0 Å². The first-order valence-electron chi connectivity index (χ1n) is 5.18. The van der Waals surface area contributed by atoms with E-state index in [0.717, 1.165) is 10.2 Å². The van der Waals surface area contributed by atoms with Crippen LogP contribution >= 0.6 is 15.9 Å². The predicted molar refractivity (Wildman–Crippen MR) is 69.7 cm³/mol. The molecule has 0 atom stereocenters. The van der Waals surface area contributed by atoms with Gasteiger partial charge in [0.2, 0.25) is 0 Å². The highest BCUT2D eigenvalue weighted by Gasteiger charge is 1.96. The SMILES string of the molecule is Cc1ccc(COc2cccc(Br)c2)cc1. The van der Waals surface area contributed by atoms with Crippen LogP contribution in [-0.2, 0) is 6.61 Å². The van der Waals surface area contributed by atoms with Gasteiger partial charge in [-0.15, -0.1) is 0 Å². The van der Waals surface area contributed by atoms with E-state index in [1.807, 2.05) is 24.3 Å². The van der Waals surface area contributed by atoms with Crippen molar-refractivity contribution in [2.45, 2.75) is 13.5 Å². The number of aryl methyl sites for hydroxylation is 1. The lowest BCUT2D eigenvalue weighted by molar-refractivity contribution is 0.306. The molecule has 0 aliphatic heterocycles. The monoisotopic (exact) mass is 276 g/mol. The third-order valence-electron chi connectivity index (χ3n) is 2.32. The molecule has 0 unspecified atom stereocenters. The van der Waals surface area contributed by atoms with Gasteiger partial charge in [0.1, 0.15) is 12.4 Å². The van der Waals surface area contributed by atoms with E-state index in [2.05, 4.69) is 47.1 Å². The van der Waals surface area contributed by atoms with Gasteiger partial charge in [-0.3, -0.25) is 0 Å². The Labute approximate surface area is 104 Å². The highest BCUT2D eigenvalue weighted by molar-refractivity contribution is 9.10. The van der Waals surface area contributed by atoms with Crippen LogP contribution in [0, 0.1) is 6.92 Å². The Morgan fingerprint density at radius 2 is 1.81 bits per heavy atom. The minimum atomic E-state index is 0.608. The second-order valence-corrected chi connectivity index (χ2v) is 4.65. The molecule has 0 aromatic heterocycles. The van der Waals surface area contributed by atoms with Gasteiger partial charge >= 0.3 is 0 Å². The largest absolute Gasteiger partial charge is 0.489 e.